The summed E-state index contributed by atoms with van der Waals surface area (Å²) in [6, 6.07) is 6.88. The van der Waals surface area contributed by atoms with Gasteiger partial charge in [0, 0.05) is 36.9 Å². The maximum atomic E-state index is 14.3. The first kappa shape index (κ1) is 29.6. The van der Waals surface area contributed by atoms with Crippen LogP contribution in [0.4, 0.5) is 0 Å². The first-order valence-electron chi connectivity index (χ1n) is 15.8. The summed E-state index contributed by atoms with van der Waals surface area (Å²) >= 11 is 0. The minimum atomic E-state index is -2.33. The van der Waals surface area contributed by atoms with Crippen molar-refractivity contribution in [1.29, 1.82) is 0 Å². The largest absolute Gasteiger partial charge is 0.497 e. The molecule has 0 unspecified atom stereocenters. The zero-order chi connectivity index (χ0) is 31.4. The average Bonchev–Trinajstić information content (AvgIpc) is 3.13. The lowest BCUT2D eigenvalue weighted by Gasteiger charge is -2.73. The number of nitrogens with zero attached hydrogens (tertiary/aromatic N) is 1. The van der Waals surface area contributed by atoms with E-state index in [1.807, 2.05) is 13.8 Å². The molecule has 44 heavy (non-hydrogen) atoms. The first-order valence-corrected chi connectivity index (χ1v) is 15.8. The Balaban J connectivity index is 1.16. The highest BCUT2D eigenvalue weighted by Crippen LogP contribution is 2.76. The standard InChI is InChI=1S/C34H41NO9/c1-18-22-9-10-23-32-17-43-34(41,27(38)25(32)31(2,3)14-11-24(32)36)33(23,26(18)37)28(22)44-30(40)20-12-15-35(16-13-20)29(39)19-5-7-21(42-4)8-6-19/h5-8,20,22-23,25,27-28,38,41H,1,9-17H2,2-4H3/t22-,23-,25+,27-,28+,32+,33-,34+/m0/s1. The van der Waals surface area contributed by atoms with E-state index in [9.17, 15) is 29.4 Å². The fraction of sp³-hybridized carbons (Fsp3) is 0.647. The molecule has 1 aromatic carbocycles. The van der Waals surface area contributed by atoms with Crippen LogP contribution in [0.15, 0.2) is 36.4 Å². The SMILES string of the molecule is C=C1C(=O)[C@]23[C@H](OC(=O)C4CCN(C(=O)c5ccc(OC)cc5)CC4)[C@H]1CC[C@H]2[C@@]12CO[C@]3(O)[C@@H](O)[C@@H]1C(C)(C)CCC2=O. The van der Waals surface area contributed by atoms with Crippen LogP contribution in [0.1, 0.15) is 62.7 Å². The van der Waals surface area contributed by atoms with Gasteiger partial charge in [0.15, 0.2) is 5.78 Å². The number of fused-ring (bicyclic) bond motifs is 2. The number of aliphatic hydroxyl groups is 2. The fourth-order valence-electron chi connectivity index (χ4n) is 10.2. The number of esters is 1. The van der Waals surface area contributed by atoms with E-state index in [0.717, 1.165) is 0 Å². The van der Waals surface area contributed by atoms with E-state index in [1.165, 1.54) is 0 Å². The Hall–Kier alpha value is -3.08. The Morgan fingerprint density at radius 1 is 1.07 bits per heavy atom. The van der Waals surface area contributed by atoms with Crippen molar-refractivity contribution >= 4 is 23.4 Å². The van der Waals surface area contributed by atoms with Gasteiger partial charge in [-0.15, -0.1) is 0 Å². The molecule has 1 amide bonds. The minimum Gasteiger partial charge on any atom is -0.497 e. The lowest BCUT2D eigenvalue weighted by molar-refractivity contribution is -0.437. The van der Waals surface area contributed by atoms with Crippen LogP contribution in [0.5, 0.6) is 5.75 Å². The van der Waals surface area contributed by atoms with Gasteiger partial charge in [0.05, 0.1) is 25.0 Å². The Bertz CT molecular complexity index is 1440. The summed E-state index contributed by atoms with van der Waals surface area (Å²) in [5, 5.41) is 24.2. The van der Waals surface area contributed by atoms with Gasteiger partial charge in [-0.25, -0.2) is 0 Å². The van der Waals surface area contributed by atoms with E-state index in [-0.39, 0.29) is 23.9 Å². The molecule has 2 spiro atoms. The molecule has 7 aliphatic rings. The number of benzene rings is 1. The highest BCUT2D eigenvalue weighted by Gasteiger charge is 2.88. The summed E-state index contributed by atoms with van der Waals surface area (Å²) in [5.41, 5.74) is -2.69. The smallest absolute Gasteiger partial charge is 0.309 e. The van der Waals surface area contributed by atoms with Gasteiger partial charge in [-0.1, -0.05) is 20.4 Å². The predicted molar refractivity (Wildman–Crippen MR) is 155 cm³/mol. The number of carbonyl (C=O) groups is 4. The molecular formula is C34H41NO9. The van der Waals surface area contributed by atoms with Gasteiger partial charge in [0.1, 0.15) is 29.2 Å². The number of amides is 1. The number of carbonyl (C=O) groups excluding carboxylic acids is 4. The molecule has 3 saturated heterocycles. The molecule has 236 valence electrons. The third kappa shape index (κ3) is 3.53. The van der Waals surface area contributed by atoms with E-state index in [2.05, 4.69) is 6.58 Å². The average molecular weight is 608 g/mol. The lowest BCUT2D eigenvalue weighted by atomic mass is 9.36. The van der Waals surface area contributed by atoms with Crippen LogP contribution in [0.3, 0.4) is 0 Å². The summed E-state index contributed by atoms with van der Waals surface area (Å²) < 4.78 is 17.5. The monoisotopic (exact) mass is 607 g/mol. The molecule has 10 nitrogen and oxygen atoms in total. The molecule has 7 fully saturated rings. The molecular weight excluding hydrogens is 566 g/mol. The molecule has 4 aliphatic carbocycles. The zero-order valence-electron chi connectivity index (χ0n) is 25.5. The van der Waals surface area contributed by atoms with Gasteiger partial charge in [-0.3, -0.25) is 19.2 Å². The number of hydrogen-bond donors (Lipinski definition) is 2. The Morgan fingerprint density at radius 3 is 2.41 bits per heavy atom. The molecule has 2 N–H and O–H groups in total. The predicted octanol–water partition coefficient (Wildman–Crippen LogP) is 2.70. The Labute approximate surface area is 256 Å². The molecule has 1 aromatic rings. The van der Waals surface area contributed by atoms with Crippen molar-refractivity contribution in [2.75, 3.05) is 26.8 Å². The molecule has 10 heteroatoms. The summed E-state index contributed by atoms with van der Waals surface area (Å²) in [6.07, 6.45) is -0.0631. The quantitative estimate of drug-likeness (QED) is 0.391. The molecule has 4 saturated carbocycles. The number of likely N-dealkylation sites (tertiary alicyclic amines) is 1. The van der Waals surface area contributed by atoms with Gasteiger partial charge < -0.3 is 29.3 Å². The lowest BCUT2D eigenvalue weighted by Crippen LogP contribution is -2.85. The summed E-state index contributed by atoms with van der Waals surface area (Å²) in [5.74, 6) is -5.16. The van der Waals surface area contributed by atoms with Crippen molar-refractivity contribution in [3.63, 3.8) is 0 Å². The fourth-order valence-corrected chi connectivity index (χ4v) is 10.2. The number of ether oxygens (including phenoxy) is 3. The van der Waals surface area contributed by atoms with E-state index in [0.29, 0.717) is 62.9 Å². The van der Waals surface area contributed by atoms with Gasteiger partial charge >= 0.3 is 5.97 Å². The van der Waals surface area contributed by atoms with Crippen molar-refractivity contribution in [2.24, 2.45) is 39.9 Å². The van der Waals surface area contributed by atoms with Crippen LogP contribution >= 0.6 is 0 Å². The van der Waals surface area contributed by atoms with Crippen LogP contribution in [-0.2, 0) is 23.9 Å². The van der Waals surface area contributed by atoms with E-state index >= 15 is 0 Å². The van der Waals surface area contributed by atoms with Crippen molar-refractivity contribution in [3.05, 3.63) is 42.0 Å². The van der Waals surface area contributed by atoms with Crippen molar-refractivity contribution in [1.82, 2.24) is 4.90 Å². The highest BCUT2D eigenvalue weighted by atomic mass is 16.6. The number of rotatable bonds is 4. The van der Waals surface area contributed by atoms with Crippen LogP contribution in [0.25, 0.3) is 0 Å². The molecule has 3 aliphatic heterocycles. The second-order valence-corrected chi connectivity index (χ2v) is 14.5. The molecule has 0 radical (unpaired) electrons. The van der Waals surface area contributed by atoms with E-state index in [1.54, 1.807) is 36.3 Å². The Kier molecular flexibility index (Phi) is 6.54. The number of aliphatic hydroxyl groups excluding tert-OH is 1. The molecule has 3 heterocycles. The number of ketones is 2. The maximum absolute atomic E-state index is 14.3. The number of methoxy groups -OCH3 is 1. The maximum Gasteiger partial charge on any atom is 0.309 e. The minimum absolute atomic E-state index is 0.0604. The molecule has 8 rings (SSSR count). The van der Waals surface area contributed by atoms with Gasteiger partial charge in [-0.2, -0.15) is 0 Å². The van der Waals surface area contributed by atoms with Crippen LogP contribution in [0, 0.1) is 39.9 Å². The topological polar surface area (TPSA) is 140 Å². The zero-order valence-corrected chi connectivity index (χ0v) is 25.5. The van der Waals surface area contributed by atoms with Gasteiger partial charge in [-0.05, 0) is 73.3 Å². The summed E-state index contributed by atoms with van der Waals surface area (Å²) in [4.78, 5) is 56.8. The molecule has 0 aromatic heterocycles. The van der Waals surface area contributed by atoms with Crippen molar-refractivity contribution in [2.45, 2.75) is 70.4 Å². The van der Waals surface area contributed by atoms with E-state index < -0.39 is 69.7 Å². The summed E-state index contributed by atoms with van der Waals surface area (Å²) in [7, 11) is 1.56. The third-order valence-corrected chi connectivity index (χ3v) is 12.3. The van der Waals surface area contributed by atoms with Crippen LogP contribution < -0.4 is 4.74 Å². The molecule has 8 atom stereocenters. The number of Topliss-reactive ketones (excluding diaryl/α,β-unsaturated/α-hetero) is 2. The van der Waals surface area contributed by atoms with Crippen LogP contribution in [0.2, 0.25) is 0 Å². The second kappa shape index (κ2) is 9.71. The number of piperidine rings is 1. The van der Waals surface area contributed by atoms with E-state index in [4.69, 9.17) is 14.2 Å². The van der Waals surface area contributed by atoms with Crippen LogP contribution in [-0.4, -0.2) is 83.4 Å². The number of hydrogen-bond acceptors (Lipinski definition) is 9. The first-order chi connectivity index (χ1) is 20.8. The molecule has 4 bridgehead atoms. The highest BCUT2D eigenvalue weighted by molar-refractivity contribution is 6.06. The summed E-state index contributed by atoms with van der Waals surface area (Å²) in [6.45, 7) is 8.70. The second-order valence-electron chi connectivity index (χ2n) is 14.5. The van der Waals surface area contributed by atoms with Crippen molar-refractivity contribution in [3.8, 4) is 5.75 Å². The van der Waals surface area contributed by atoms with Gasteiger partial charge in [0.25, 0.3) is 5.91 Å². The van der Waals surface area contributed by atoms with Crippen molar-refractivity contribution < 1.29 is 43.6 Å². The normalized spacial score (nSPS) is 40.8. The Morgan fingerprint density at radius 2 is 1.75 bits per heavy atom. The third-order valence-electron chi connectivity index (χ3n) is 12.3. The van der Waals surface area contributed by atoms with Gasteiger partial charge in [0.2, 0.25) is 5.79 Å².